The van der Waals surface area contributed by atoms with Gasteiger partial charge in [0.25, 0.3) is 0 Å². The van der Waals surface area contributed by atoms with Gasteiger partial charge in [-0.15, -0.1) is 0 Å². The van der Waals surface area contributed by atoms with Crippen LogP contribution in [-0.2, 0) is 11.3 Å². The van der Waals surface area contributed by atoms with Crippen LogP contribution in [0.5, 0.6) is 0 Å². The van der Waals surface area contributed by atoms with Gasteiger partial charge in [0, 0.05) is 35.1 Å². The van der Waals surface area contributed by atoms with Gasteiger partial charge in [0.2, 0.25) is 5.91 Å². The van der Waals surface area contributed by atoms with Crippen molar-refractivity contribution in [1.29, 1.82) is 0 Å². The van der Waals surface area contributed by atoms with Gasteiger partial charge in [-0.3, -0.25) is 14.5 Å². The van der Waals surface area contributed by atoms with Gasteiger partial charge in [-0.05, 0) is 36.3 Å². The molecular formula is C27H25N5OS. The van der Waals surface area contributed by atoms with E-state index >= 15 is 0 Å². The number of hydrogen-bond acceptors (Lipinski definition) is 3. The van der Waals surface area contributed by atoms with E-state index in [1.807, 2.05) is 67.7 Å². The molecule has 5 rings (SSSR count). The number of nitrogens with one attached hydrogen (secondary N) is 3. The van der Waals surface area contributed by atoms with E-state index in [1.165, 1.54) is 0 Å². The molecule has 1 amide bonds. The Hall–Kier alpha value is -3.97. The highest BCUT2D eigenvalue weighted by Crippen LogP contribution is 2.30. The first-order valence-corrected chi connectivity index (χ1v) is 11.6. The van der Waals surface area contributed by atoms with Gasteiger partial charge >= 0.3 is 0 Å². The van der Waals surface area contributed by atoms with Crippen LogP contribution in [0.3, 0.4) is 0 Å². The summed E-state index contributed by atoms with van der Waals surface area (Å²) in [5.74, 6) is 0.540. The summed E-state index contributed by atoms with van der Waals surface area (Å²) in [6.07, 6.45) is 2.04. The molecule has 7 heteroatoms. The molecule has 0 aliphatic carbocycles. The number of hydrogen-bond donors (Lipinski definition) is 3. The van der Waals surface area contributed by atoms with Crippen molar-refractivity contribution in [3.63, 3.8) is 0 Å². The van der Waals surface area contributed by atoms with Gasteiger partial charge < -0.3 is 10.3 Å². The predicted octanol–water partition coefficient (Wildman–Crippen LogP) is 5.35. The van der Waals surface area contributed by atoms with Crippen LogP contribution in [0.2, 0.25) is 0 Å². The molecule has 2 aromatic heterocycles. The Kier molecular flexibility index (Phi) is 6.10. The van der Waals surface area contributed by atoms with Gasteiger partial charge in [-0.25, -0.2) is 0 Å². The van der Waals surface area contributed by atoms with E-state index < -0.39 is 0 Å². The highest BCUT2D eigenvalue weighted by Gasteiger charge is 2.20. The topological polar surface area (TPSA) is 78.5 Å². The van der Waals surface area contributed by atoms with Gasteiger partial charge in [-0.2, -0.15) is 5.10 Å². The number of amides is 1. The summed E-state index contributed by atoms with van der Waals surface area (Å²) in [4.78, 5) is 16.4. The second-order valence-electron chi connectivity index (χ2n) is 8.36. The zero-order chi connectivity index (χ0) is 23.5. The van der Waals surface area contributed by atoms with Crippen molar-refractivity contribution in [3.05, 3.63) is 107 Å². The molecule has 170 valence electrons. The second-order valence-corrected chi connectivity index (χ2v) is 8.75. The van der Waals surface area contributed by atoms with Crippen LogP contribution in [0.25, 0.3) is 22.3 Å². The Morgan fingerprint density at radius 3 is 2.56 bits per heavy atom. The molecule has 3 aromatic carbocycles. The minimum Gasteiger partial charge on any atom is -0.361 e. The molecule has 0 bridgehead atoms. The zero-order valence-corrected chi connectivity index (χ0v) is 19.6. The number of nitrogens with zero attached hydrogens (tertiary/aromatic N) is 2. The number of rotatable bonds is 7. The molecule has 6 nitrogen and oxygen atoms in total. The minimum atomic E-state index is -0.119. The number of aromatic amines is 2. The van der Waals surface area contributed by atoms with E-state index in [0.717, 1.165) is 33.2 Å². The van der Waals surface area contributed by atoms with E-state index in [1.54, 1.807) is 4.57 Å². The molecule has 5 aromatic rings. The van der Waals surface area contributed by atoms with E-state index in [0.29, 0.717) is 17.1 Å². The lowest BCUT2D eigenvalue weighted by molar-refractivity contribution is -0.121. The number of benzene rings is 3. The fraction of sp³-hybridized carbons (Fsp3) is 0.148. The van der Waals surface area contributed by atoms with Crippen molar-refractivity contribution in [2.75, 3.05) is 6.54 Å². The lowest BCUT2D eigenvalue weighted by Gasteiger charge is -2.18. The molecule has 0 spiro atoms. The molecule has 1 unspecified atom stereocenters. The number of aryl methyl sites for hydroxylation is 1. The van der Waals surface area contributed by atoms with E-state index in [4.69, 9.17) is 12.2 Å². The minimum absolute atomic E-state index is 0.00944. The molecule has 0 fully saturated rings. The smallest absolute Gasteiger partial charge is 0.240 e. The molecule has 0 radical (unpaired) electrons. The van der Waals surface area contributed by atoms with Crippen molar-refractivity contribution >= 4 is 29.0 Å². The Morgan fingerprint density at radius 2 is 1.76 bits per heavy atom. The monoisotopic (exact) mass is 467 g/mol. The summed E-state index contributed by atoms with van der Waals surface area (Å²) in [6, 6.07) is 26.5. The quantitative estimate of drug-likeness (QED) is 0.283. The SMILES string of the molecule is Cc1ccc(-c2n[nH]c(=S)n2CC(=O)NCC(c2ccccc2)c2c[nH]c3ccccc23)cc1. The number of H-pyrrole nitrogens is 2. The maximum Gasteiger partial charge on any atom is 0.240 e. The first kappa shape index (κ1) is 21.9. The molecule has 2 heterocycles. The van der Waals surface area contributed by atoms with Crippen LogP contribution in [-0.4, -0.2) is 32.2 Å². The van der Waals surface area contributed by atoms with E-state index in [9.17, 15) is 4.79 Å². The van der Waals surface area contributed by atoms with Gasteiger partial charge in [0.15, 0.2) is 10.6 Å². The predicted molar refractivity (Wildman–Crippen MR) is 137 cm³/mol. The van der Waals surface area contributed by atoms with Crippen molar-refractivity contribution in [2.45, 2.75) is 19.4 Å². The third kappa shape index (κ3) is 4.43. The Balaban J connectivity index is 1.38. The third-order valence-corrected chi connectivity index (χ3v) is 6.38. The number of carbonyl (C=O) groups is 1. The third-order valence-electron chi connectivity index (χ3n) is 6.07. The summed E-state index contributed by atoms with van der Waals surface area (Å²) < 4.78 is 2.15. The van der Waals surface area contributed by atoms with Gasteiger partial charge in [-0.1, -0.05) is 78.4 Å². The first-order chi connectivity index (χ1) is 16.6. The average molecular weight is 468 g/mol. The van der Waals surface area contributed by atoms with Crippen LogP contribution in [0.4, 0.5) is 0 Å². The lowest BCUT2D eigenvalue weighted by Crippen LogP contribution is -2.32. The lowest BCUT2D eigenvalue weighted by atomic mass is 9.91. The summed E-state index contributed by atoms with van der Waals surface area (Å²) in [5.41, 5.74) is 5.45. The maximum absolute atomic E-state index is 13.0. The highest BCUT2D eigenvalue weighted by molar-refractivity contribution is 7.71. The molecular weight excluding hydrogens is 442 g/mol. The molecule has 0 saturated heterocycles. The fourth-order valence-electron chi connectivity index (χ4n) is 4.28. The largest absolute Gasteiger partial charge is 0.361 e. The maximum atomic E-state index is 13.0. The molecule has 34 heavy (non-hydrogen) atoms. The first-order valence-electron chi connectivity index (χ1n) is 11.2. The summed E-state index contributed by atoms with van der Waals surface area (Å²) >= 11 is 5.41. The molecule has 0 saturated carbocycles. The van der Waals surface area contributed by atoms with Crippen LogP contribution in [0.15, 0.2) is 85.1 Å². The van der Waals surface area contributed by atoms with Crippen LogP contribution in [0, 0.1) is 11.7 Å². The standard InChI is InChI=1S/C27H25N5OS/c1-18-11-13-20(14-12-18)26-30-31-27(34)32(26)17-25(33)29-15-22(19-7-3-2-4-8-19)23-16-28-24-10-6-5-9-21(23)24/h2-14,16,22,28H,15,17H2,1H3,(H,29,33)(H,31,34). The second kappa shape index (κ2) is 9.49. The Morgan fingerprint density at radius 1 is 1.03 bits per heavy atom. The van der Waals surface area contributed by atoms with E-state index in [2.05, 4.69) is 44.8 Å². The van der Waals surface area contributed by atoms with Gasteiger partial charge in [0.1, 0.15) is 6.54 Å². The van der Waals surface area contributed by atoms with Crippen molar-refractivity contribution < 1.29 is 4.79 Å². The Bertz CT molecular complexity index is 1480. The molecule has 3 N–H and O–H groups in total. The molecule has 0 aliphatic rings. The number of carbonyl (C=O) groups excluding carboxylic acids is 1. The molecule has 0 aliphatic heterocycles. The average Bonchev–Trinajstić information content (AvgIpc) is 3.44. The zero-order valence-electron chi connectivity index (χ0n) is 18.8. The summed E-state index contributed by atoms with van der Waals surface area (Å²) in [7, 11) is 0. The highest BCUT2D eigenvalue weighted by atomic mass is 32.1. The van der Waals surface area contributed by atoms with Crippen molar-refractivity contribution in [3.8, 4) is 11.4 Å². The van der Waals surface area contributed by atoms with Crippen molar-refractivity contribution in [1.82, 2.24) is 25.1 Å². The summed E-state index contributed by atoms with van der Waals surface area (Å²) in [5, 5.41) is 11.5. The van der Waals surface area contributed by atoms with Crippen LogP contribution >= 0.6 is 12.2 Å². The van der Waals surface area contributed by atoms with Gasteiger partial charge in [0.05, 0.1) is 0 Å². The number of aromatic nitrogens is 4. The summed E-state index contributed by atoms with van der Waals surface area (Å²) in [6.45, 7) is 2.59. The number of para-hydroxylation sites is 1. The Labute approximate surface area is 202 Å². The van der Waals surface area contributed by atoms with E-state index in [-0.39, 0.29) is 18.4 Å². The fourth-order valence-corrected chi connectivity index (χ4v) is 4.47. The number of fused-ring (bicyclic) bond motifs is 1. The molecule has 1 atom stereocenters. The normalized spacial score (nSPS) is 12.0. The van der Waals surface area contributed by atoms with Crippen molar-refractivity contribution in [2.24, 2.45) is 0 Å². The van der Waals surface area contributed by atoms with Crippen LogP contribution < -0.4 is 5.32 Å². The van der Waals surface area contributed by atoms with Crippen LogP contribution in [0.1, 0.15) is 22.6 Å².